The van der Waals surface area contributed by atoms with E-state index < -0.39 is 12.6 Å². The minimum absolute atomic E-state index is 0. The second-order valence-electron chi connectivity index (χ2n) is 4.56. The van der Waals surface area contributed by atoms with Gasteiger partial charge in [-0.05, 0) is 6.42 Å². The Morgan fingerprint density at radius 1 is 0.944 bits per heavy atom. The molecule has 0 aromatic carbocycles. The van der Waals surface area contributed by atoms with Gasteiger partial charge in [-0.15, -0.1) is 0 Å². The van der Waals surface area contributed by atoms with E-state index in [0.29, 0.717) is 6.61 Å². The van der Waals surface area contributed by atoms with Gasteiger partial charge in [0.2, 0.25) is 0 Å². The van der Waals surface area contributed by atoms with E-state index in [2.05, 4.69) is 6.92 Å². The average molecular weight is 268 g/mol. The zero-order valence-electron chi connectivity index (χ0n) is 13.2. The molecule has 0 unspecified atom stereocenters. The molecule has 1 N–H and O–H groups in total. The molecule has 0 spiro atoms. The van der Waals surface area contributed by atoms with Crippen LogP contribution >= 0.6 is 0 Å². The Kier molecular flexibility index (Phi) is 20.1. The van der Waals surface area contributed by atoms with Gasteiger partial charge in [0.25, 0.3) is 0 Å². The predicted molar refractivity (Wildman–Crippen MR) is 71.0 cm³/mol. The van der Waals surface area contributed by atoms with E-state index in [1.54, 1.807) is 0 Å². The van der Waals surface area contributed by atoms with Crippen LogP contribution in [-0.2, 0) is 9.53 Å². The molecule has 0 aliphatic carbocycles. The maximum absolute atomic E-state index is 10.6. The molecule has 0 rings (SSSR count). The minimum Gasteiger partial charge on any atom is -1.00 e. The monoisotopic (exact) mass is 268 g/mol. The van der Waals surface area contributed by atoms with Crippen LogP contribution < -0.4 is 29.6 Å². The normalized spacial score (nSPS) is 9.89. The van der Waals surface area contributed by atoms with Crippen molar-refractivity contribution in [2.45, 2.75) is 71.1 Å². The first kappa shape index (κ1) is 20.7. The van der Waals surface area contributed by atoms with Gasteiger partial charge in [-0.2, -0.15) is 0 Å². The SMILES string of the molecule is CCCCCCCCCCCCOC(=O)CO.[H-].[Na+]. The Balaban J connectivity index is -0.00000128. The van der Waals surface area contributed by atoms with Gasteiger partial charge >= 0.3 is 35.5 Å². The van der Waals surface area contributed by atoms with Crippen LogP contribution in [-0.4, -0.2) is 24.3 Å². The van der Waals surface area contributed by atoms with Crippen molar-refractivity contribution in [3.05, 3.63) is 0 Å². The van der Waals surface area contributed by atoms with E-state index >= 15 is 0 Å². The number of unbranched alkanes of at least 4 members (excludes halogenated alkanes) is 9. The Hall–Kier alpha value is 0.430. The standard InChI is InChI=1S/C14H28O3.Na.H/c1-2-3-4-5-6-7-8-9-10-11-12-17-14(16)13-15;;/h15H,2-13H2,1H3;;/q;+1;-1. The van der Waals surface area contributed by atoms with Gasteiger partial charge in [-0.3, -0.25) is 0 Å². The Bertz CT molecular complexity index is 180. The summed E-state index contributed by atoms with van der Waals surface area (Å²) in [4.78, 5) is 10.6. The molecule has 0 bridgehead atoms. The second-order valence-corrected chi connectivity index (χ2v) is 4.56. The van der Waals surface area contributed by atoms with Gasteiger partial charge in [0.05, 0.1) is 6.61 Å². The summed E-state index contributed by atoms with van der Waals surface area (Å²) in [5.74, 6) is -0.513. The van der Waals surface area contributed by atoms with Crippen LogP contribution in [0.1, 0.15) is 72.6 Å². The molecule has 0 saturated heterocycles. The quantitative estimate of drug-likeness (QED) is 0.320. The molecular weight excluding hydrogens is 239 g/mol. The van der Waals surface area contributed by atoms with Crippen molar-refractivity contribution in [1.29, 1.82) is 0 Å². The molecule has 0 saturated carbocycles. The summed E-state index contributed by atoms with van der Waals surface area (Å²) in [6, 6.07) is 0. The van der Waals surface area contributed by atoms with Crippen molar-refractivity contribution in [2.75, 3.05) is 13.2 Å². The number of aliphatic hydroxyl groups excluding tert-OH is 1. The molecule has 0 atom stereocenters. The third-order valence-electron chi connectivity index (χ3n) is 2.89. The topological polar surface area (TPSA) is 46.5 Å². The molecule has 0 aliphatic heterocycles. The van der Waals surface area contributed by atoms with Crippen LogP contribution in [0.5, 0.6) is 0 Å². The zero-order valence-corrected chi connectivity index (χ0v) is 14.2. The minimum atomic E-state index is -0.513. The molecule has 104 valence electrons. The predicted octanol–water partition coefficient (Wildman–Crippen LogP) is 0.559. The largest absolute Gasteiger partial charge is 1.00 e. The van der Waals surface area contributed by atoms with E-state index in [-0.39, 0.29) is 31.0 Å². The van der Waals surface area contributed by atoms with Gasteiger partial charge in [0.1, 0.15) is 6.61 Å². The van der Waals surface area contributed by atoms with Crippen molar-refractivity contribution < 1.29 is 45.6 Å². The van der Waals surface area contributed by atoms with Gasteiger partial charge in [0.15, 0.2) is 0 Å². The van der Waals surface area contributed by atoms with Gasteiger partial charge in [-0.1, -0.05) is 64.7 Å². The Labute approximate surface area is 135 Å². The molecule has 0 fully saturated rings. The number of ether oxygens (including phenoxy) is 1. The molecule has 0 radical (unpaired) electrons. The number of hydrogen-bond acceptors (Lipinski definition) is 3. The fourth-order valence-corrected chi connectivity index (χ4v) is 1.82. The van der Waals surface area contributed by atoms with Crippen LogP contribution in [0.25, 0.3) is 0 Å². The molecule has 0 aliphatic rings. The van der Waals surface area contributed by atoms with Crippen molar-refractivity contribution in [3.63, 3.8) is 0 Å². The number of esters is 1. The van der Waals surface area contributed by atoms with Crippen LogP contribution in [0.15, 0.2) is 0 Å². The van der Waals surface area contributed by atoms with E-state index in [1.807, 2.05) is 0 Å². The summed E-state index contributed by atoms with van der Waals surface area (Å²) in [6.45, 7) is 2.19. The number of aliphatic hydroxyl groups is 1. The second kappa shape index (κ2) is 17.4. The fraction of sp³-hybridized carbons (Fsp3) is 0.929. The van der Waals surface area contributed by atoms with Gasteiger partial charge < -0.3 is 11.3 Å². The number of hydrogen-bond donors (Lipinski definition) is 1. The molecule has 0 amide bonds. The first-order chi connectivity index (χ1) is 8.31. The first-order valence-electron chi connectivity index (χ1n) is 7.07. The number of rotatable bonds is 12. The average Bonchev–Trinajstić information content (AvgIpc) is 2.35. The number of carbonyl (C=O) groups is 1. The van der Waals surface area contributed by atoms with Gasteiger partial charge in [0, 0.05) is 0 Å². The molecule has 0 heterocycles. The van der Waals surface area contributed by atoms with Gasteiger partial charge in [-0.25, -0.2) is 4.79 Å². The Morgan fingerprint density at radius 2 is 1.39 bits per heavy atom. The maximum atomic E-state index is 10.6. The molecular formula is C14H29NaO3. The molecule has 0 aromatic heterocycles. The smallest absolute Gasteiger partial charge is 1.00 e. The summed E-state index contributed by atoms with van der Waals surface area (Å²) >= 11 is 0. The first-order valence-corrected chi connectivity index (χ1v) is 7.07. The zero-order chi connectivity index (χ0) is 12.8. The van der Waals surface area contributed by atoms with E-state index in [4.69, 9.17) is 9.84 Å². The van der Waals surface area contributed by atoms with E-state index in [1.165, 1.54) is 51.4 Å². The summed E-state index contributed by atoms with van der Waals surface area (Å²) in [5.41, 5.74) is 0. The third-order valence-corrected chi connectivity index (χ3v) is 2.89. The maximum Gasteiger partial charge on any atom is 1.00 e. The molecule has 4 heteroatoms. The summed E-state index contributed by atoms with van der Waals surface area (Å²) in [7, 11) is 0. The molecule has 0 aromatic rings. The number of carbonyl (C=O) groups excluding carboxylic acids is 1. The van der Waals surface area contributed by atoms with E-state index in [0.717, 1.165) is 12.8 Å². The summed E-state index contributed by atoms with van der Waals surface area (Å²) < 4.78 is 4.77. The fourth-order valence-electron chi connectivity index (χ4n) is 1.82. The van der Waals surface area contributed by atoms with Crippen LogP contribution in [0.2, 0.25) is 0 Å². The third kappa shape index (κ3) is 16.4. The summed E-state index contributed by atoms with van der Waals surface area (Å²) in [6.07, 6.45) is 12.7. The van der Waals surface area contributed by atoms with Crippen molar-refractivity contribution >= 4 is 5.97 Å². The molecule has 18 heavy (non-hydrogen) atoms. The van der Waals surface area contributed by atoms with Crippen molar-refractivity contribution in [3.8, 4) is 0 Å². The summed E-state index contributed by atoms with van der Waals surface area (Å²) in [5, 5.41) is 8.42. The van der Waals surface area contributed by atoms with Crippen molar-refractivity contribution in [2.24, 2.45) is 0 Å². The molecule has 3 nitrogen and oxygen atoms in total. The van der Waals surface area contributed by atoms with Crippen molar-refractivity contribution in [1.82, 2.24) is 0 Å². The van der Waals surface area contributed by atoms with Crippen LogP contribution in [0, 0.1) is 0 Å². The van der Waals surface area contributed by atoms with Crippen LogP contribution in [0.4, 0.5) is 0 Å². The van der Waals surface area contributed by atoms with E-state index in [9.17, 15) is 4.79 Å². The Morgan fingerprint density at radius 3 is 1.83 bits per heavy atom. The van der Waals surface area contributed by atoms with Crippen LogP contribution in [0.3, 0.4) is 0 Å².